The van der Waals surface area contributed by atoms with Gasteiger partial charge in [-0.25, -0.2) is 0 Å². The molecule has 0 radical (unpaired) electrons. The van der Waals surface area contributed by atoms with Crippen molar-refractivity contribution in [3.8, 4) is 0 Å². The van der Waals surface area contributed by atoms with Crippen LogP contribution in [0, 0.1) is 25.2 Å². The van der Waals surface area contributed by atoms with Gasteiger partial charge in [0.05, 0.1) is 5.02 Å². The number of carbonyl (C=O) groups excluding carboxylic acids is 1. The smallest absolute Gasteiger partial charge is 0.164 e. The lowest BCUT2D eigenvalue weighted by Gasteiger charge is -2.26. The molecule has 0 bridgehead atoms. The summed E-state index contributed by atoms with van der Waals surface area (Å²) in [7, 11) is 0. The molecule has 18 heavy (non-hydrogen) atoms. The molecule has 0 heterocycles. The average molecular weight is 267 g/mol. The zero-order valence-corrected chi connectivity index (χ0v) is 13.0. The van der Waals surface area contributed by atoms with Gasteiger partial charge in [0.15, 0.2) is 5.78 Å². The maximum atomic E-state index is 12.3. The van der Waals surface area contributed by atoms with E-state index in [2.05, 4.69) is 27.7 Å². The van der Waals surface area contributed by atoms with E-state index in [4.69, 9.17) is 11.6 Å². The van der Waals surface area contributed by atoms with Crippen molar-refractivity contribution in [2.75, 3.05) is 0 Å². The van der Waals surface area contributed by atoms with E-state index in [-0.39, 0.29) is 11.2 Å². The third-order valence-electron chi connectivity index (χ3n) is 3.85. The van der Waals surface area contributed by atoms with Gasteiger partial charge in [-0.3, -0.25) is 4.79 Å². The summed E-state index contributed by atoms with van der Waals surface area (Å²) in [6.07, 6.45) is 0.547. The summed E-state index contributed by atoms with van der Waals surface area (Å²) in [5.41, 5.74) is 3.05. The highest BCUT2D eigenvalue weighted by Gasteiger charge is 2.24. The van der Waals surface area contributed by atoms with Crippen molar-refractivity contribution in [1.82, 2.24) is 0 Å². The fraction of sp³-hybridized carbons (Fsp3) is 0.562. The van der Waals surface area contributed by atoms with Crippen molar-refractivity contribution in [1.29, 1.82) is 0 Å². The monoisotopic (exact) mass is 266 g/mol. The molecule has 0 aliphatic heterocycles. The number of Topliss-reactive ketones (excluding diaryl/α,β-unsaturated/α-hetero) is 1. The molecule has 100 valence electrons. The number of aryl methyl sites for hydroxylation is 2. The zero-order chi connectivity index (χ0) is 14.1. The Morgan fingerprint density at radius 3 is 2.22 bits per heavy atom. The number of carbonyl (C=O) groups is 1. The molecule has 0 spiro atoms. The maximum Gasteiger partial charge on any atom is 0.164 e. The van der Waals surface area contributed by atoms with E-state index in [1.54, 1.807) is 0 Å². The van der Waals surface area contributed by atoms with Crippen molar-refractivity contribution in [3.63, 3.8) is 0 Å². The average Bonchev–Trinajstić information content (AvgIpc) is 2.21. The van der Waals surface area contributed by atoms with Crippen LogP contribution in [-0.4, -0.2) is 5.78 Å². The number of hydrogen-bond donors (Lipinski definition) is 0. The lowest BCUT2D eigenvalue weighted by molar-refractivity contribution is 0.0927. The largest absolute Gasteiger partial charge is 0.294 e. The van der Waals surface area contributed by atoms with Crippen molar-refractivity contribution in [2.24, 2.45) is 11.3 Å². The van der Waals surface area contributed by atoms with Crippen LogP contribution in [0.3, 0.4) is 0 Å². The molecule has 0 saturated carbocycles. The number of hydrogen-bond acceptors (Lipinski definition) is 1. The van der Waals surface area contributed by atoms with E-state index in [1.165, 1.54) is 0 Å². The molecule has 1 aromatic carbocycles. The van der Waals surface area contributed by atoms with Gasteiger partial charge in [0.1, 0.15) is 0 Å². The number of halogens is 1. The molecule has 0 fully saturated rings. The lowest BCUT2D eigenvalue weighted by atomic mass is 9.78. The Balaban J connectivity index is 2.95. The Kier molecular flexibility index (Phi) is 4.61. The first-order valence-corrected chi connectivity index (χ1v) is 6.80. The SMILES string of the molecule is Cc1cc(Cl)c(C(=O)CC(C)C(C)(C)C)cc1C. The summed E-state index contributed by atoms with van der Waals surface area (Å²) >= 11 is 6.17. The molecular weight excluding hydrogens is 244 g/mol. The summed E-state index contributed by atoms with van der Waals surface area (Å²) in [6, 6.07) is 3.79. The van der Waals surface area contributed by atoms with Gasteiger partial charge >= 0.3 is 0 Å². The second-order valence-electron chi connectivity index (χ2n) is 6.31. The molecule has 2 heteroatoms. The highest BCUT2D eigenvalue weighted by molar-refractivity contribution is 6.34. The van der Waals surface area contributed by atoms with Crippen LogP contribution in [-0.2, 0) is 0 Å². The van der Waals surface area contributed by atoms with Gasteiger partial charge in [0.25, 0.3) is 0 Å². The summed E-state index contributed by atoms with van der Waals surface area (Å²) in [6.45, 7) is 12.6. The minimum Gasteiger partial charge on any atom is -0.294 e. The van der Waals surface area contributed by atoms with Crippen molar-refractivity contribution in [2.45, 2.75) is 48.0 Å². The van der Waals surface area contributed by atoms with E-state index in [0.29, 0.717) is 22.9 Å². The summed E-state index contributed by atoms with van der Waals surface area (Å²) < 4.78 is 0. The molecule has 1 nitrogen and oxygen atoms in total. The summed E-state index contributed by atoms with van der Waals surface area (Å²) in [5, 5.41) is 0.573. The molecule has 1 aromatic rings. The number of rotatable bonds is 3. The fourth-order valence-electron chi connectivity index (χ4n) is 1.69. The van der Waals surface area contributed by atoms with Gasteiger partial charge in [0.2, 0.25) is 0 Å². The van der Waals surface area contributed by atoms with Crippen molar-refractivity contribution in [3.05, 3.63) is 33.8 Å². The first kappa shape index (κ1) is 15.2. The Bertz CT molecular complexity index is 455. The Morgan fingerprint density at radius 1 is 1.22 bits per heavy atom. The van der Waals surface area contributed by atoms with Crippen LogP contribution in [0.15, 0.2) is 12.1 Å². The molecule has 1 rings (SSSR count). The van der Waals surface area contributed by atoms with Gasteiger partial charge in [-0.2, -0.15) is 0 Å². The minimum absolute atomic E-state index is 0.141. The Labute approximate surface area is 116 Å². The minimum atomic E-state index is 0.141. The molecule has 0 N–H and O–H groups in total. The first-order chi connectivity index (χ1) is 8.12. The number of benzene rings is 1. The molecule has 1 unspecified atom stereocenters. The molecule has 1 atom stereocenters. The van der Waals surface area contributed by atoms with E-state index in [0.717, 1.165) is 11.1 Å². The highest BCUT2D eigenvalue weighted by Crippen LogP contribution is 2.31. The maximum absolute atomic E-state index is 12.3. The highest BCUT2D eigenvalue weighted by atomic mass is 35.5. The van der Waals surface area contributed by atoms with Gasteiger partial charge in [-0.05, 0) is 48.4 Å². The van der Waals surface area contributed by atoms with Crippen LogP contribution >= 0.6 is 11.6 Å². The molecule has 0 amide bonds. The lowest BCUT2D eigenvalue weighted by Crippen LogP contribution is -2.20. The normalized spacial score (nSPS) is 13.5. The van der Waals surface area contributed by atoms with Gasteiger partial charge < -0.3 is 0 Å². The summed E-state index contributed by atoms with van der Waals surface area (Å²) in [4.78, 5) is 12.3. The van der Waals surface area contributed by atoms with E-state index < -0.39 is 0 Å². The topological polar surface area (TPSA) is 17.1 Å². The van der Waals surface area contributed by atoms with Gasteiger partial charge in [-0.15, -0.1) is 0 Å². The van der Waals surface area contributed by atoms with Gasteiger partial charge in [0, 0.05) is 12.0 Å². The molecule has 0 aliphatic carbocycles. The first-order valence-electron chi connectivity index (χ1n) is 6.43. The van der Waals surface area contributed by atoms with E-state index in [1.807, 2.05) is 26.0 Å². The third kappa shape index (κ3) is 3.58. The predicted molar refractivity (Wildman–Crippen MR) is 78.5 cm³/mol. The number of ketones is 1. The van der Waals surface area contributed by atoms with Crippen LogP contribution in [0.25, 0.3) is 0 Å². The fourth-order valence-corrected chi connectivity index (χ4v) is 2.01. The van der Waals surface area contributed by atoms with E-state index >= 15 is 0 Å². The predicted octanol–water partition coefficient (Wildman–Crippen LogP) is 5.21. The Hall–Kier alpha value is -0.820. The molecule has 0 aromatic heterocycles. The quantitative estimate of drug-likeness (QED) is 0.686. The van der Waals surface area contributed by atoms with Crippen LogP contribution in [0.4, 0.5) is 0 Å². The second kappa shape index (κ2) is 5.44. The zero-order valence-electron chi connectivity index (χ0n) is 12.2. The van der Waals surface area contributed by atoms with E-state index in [9.17, 15) is 4.79 Å². The Morgan fingerprint density at radius 2 is 1.72 bits per heavy atom. The molecule has 0 saturated heterocycles. The van der Waals surface area contributed by atoms with Crippen LogP contribution in [0.2, 0.25) is 5.02 Å². The van der Waals surface area contributed by atoms with Crippen LogP contribution in [0.5, 0.6) is 0 Å². The second-order valence-corrected chi connectivity index (χ2v) is 6.72. The van der Waals surface area contributed by atoms with Crippen LogP contribution < -0.4 is 0 Å². The third-order valence-corrected chi connectivity index (χ3v) is 4.17. The van der Waals surface area contributed by atoms with Crippen molar-refractivity contribution >= 4 is 17.4 Å². The summed E-state index contributed by atoms with van der Waals surface area (Å²) in [5.74, 6) is 0.480. The molecular formula is C16H23ClO. The standard InChI is InChI=1S/C16H23ClO/c1-10-7-13(14(17)8-11(10)2)15(18)9-12(3)16(4,5)6/h7-8,12H,9H2,1-6H3. The molecule has 0 aliphatic rings. The van der Waals surface area contributed by atoms with Gasteiger partial charge in [-0.1, -0.05) is 39.3 Å². The van der Waals surface area contributed by atoms with Crippen molar-refractivity contribution < 1.29 is 4.79 Å². The van der Waals surface area contributed by atoms with Crippen LogP contribution in [0.1, 0.15) is 55.6 Å².